The Morgan fingerprint density at radius 1 is 1.21 bits per heavy atom. The van der Waals surface area contributed by atoms with Gasteiger partial charge in [-0.05, 0) is 36.8 Å². The molecule has 0 bridgehead atoms. The van der Waals surface area contributed by atoms with Crippen LogP contribution >= 0.6 is 12.2 Å². The fraction of sp³-hybridized carbons (Fsp3) is 0.222. The van der Waals surface area contributed by atoms with Crippen LogP contribution in [0.1, 0.15) is 25.3 Å². The first kappa shape index (κ1) is 16.3. The summed E-state index contributed by atoms with van der Waals surface area (Å²) in [6.45, 7) is 3.06. The zero-order valence-electron chi connectivity index (χ0n) is 13.5. The molecule has 0 aliphatic carbocycles. The molecule has 0 aliphatic rings. The third kappa shape index (κ3) is 3.65. The number of hydrogen-bond donors (Lipinski definition) is 1. The zero-order chi connectivity index (χ0) is 16.8. The van der Waals surface area contributed by atoms with E-state index in [4.69, 9.17) is 12.2 Å². The van der Waals surface area contributed by atoms with Gasteiger partial charge in [0.15, 0.2) is 0 Å². The fourth-order valence-electron chi connectivity index (χ4n) is 2.38. The number of nitrogens with one attached hydrogen (secondary N) is 1. The molecule has 0 saturated carbocycles. The molecule has 0 aliphatic heterocycles. The first-order valence-corrected chi connectivity index (χ1v) is 8.41. The number of hydrogen-bond acceptors (Lipinski definition) is 5. The maximum Gasteiger partial charge on any atom is 0.132 e. The van der Waals surface area contributed by atoms with Crippen LogP contribution in [0.2, 0.25) is 0 Å². The molecule has 0 amide bonds. The van der Waals surface area contributed by atoms with Crippen LogP contribution in [0.4, 0.5) is 0 Å². The molecule has 2 heterocycles. The SMILES string of the molecule is CCCCN/C(=C\C(=S)n1nnc2ccccc21)c1ccncc1. The van der Waals surface area contributed by atoms with Gasteiger partial charge in [0.2, 0.25) is 0 Å². The predicted molar refractivity (Wildman–Crippen MR) is 101 cm³/mol. The molecule has 0 fully saturated rings. The summed E-state index contributed by atoms with van der Waals surface area (Å²) in [6, 6.07) is 11.7. The number of unbranched alkanes of at least 4 members (excludes halogenated alkanes) is 1. The second-order valence-electron chi connectivity index (χ2n) is 5.40. The van der Waals surface area contributed by atoms with Gasteiger partial charge in [0.25, 0.3) is 0 Å². The molecule has 122 valence electrons. The highest BCUT2D eigenvalue weighted by molar-refractivity contribution is 7.80. The fourth-order valence-corrected chi connectivity index (χ4v) is 2.64. The second-order valence-corrected chi connectivity index (χ2v) is 5.82. The lowest BCUT2D eigenvalue weighted by atomic mass is 10.2. The summed E-state index contributed by atoms with van der Waals surface area (Å²) in [5, 5.41) is 11.8. The van der Waals surface area contributed by atoms with E-state index in [2.05, 4.69) is 27.5 Å². The Morgan fingerprint density at radius 3 is 2.79 bits per heavy atom. The van der Waals surface area contributed by atoms with Gasteiger partial charge in [0.05, 0.1) is 5.52 Å². The third-order valence-electron chi connectivity index (χ3n) is 3.67. The predicted octanol–water partition coefficient (Wildman–Crippen LogP) is 3.43. The van der Waals surface area contributed by atoms with Gasteiger partial charge in [0, 0.05) is 30.2 Å². The number of fused-ring (bicyclic) bond motifs is 1. The van der Waals surface area contributed by atoms with E-state index >= 15 is 0 Å². The summed E-state index contributed by atoms with van der Waals surface area (Å²) in [7, 11) is 0. The van der Waals surface area contributed by atoms with Crippen LogP contribution in [0, 0.1) is 0 Å². The van der Waals surface area contributed by atoms with Crippen LogP contribution < -0.4 is 5.32 Å². The van der Waals surface area contributed by atoms with E-state index in [1.54, 1.807) is 17.1 Å². The lowest BCUT2D eigenvalue weighted by Crippen LogP contribution is -2.17. The summed E-state index contributed by atoms with van der Waals surface area (Å²) >= 11 is 5.59. The number of thiocarbonyl (C=S) groups is 1. The van der Waals surface area contributed by atoms with E-state index < -0.39 is 0 Å². The van der Waals surface area contributed by atoms with Crippen molar-refractivity contribution in [2.45, 2.75) is 19.8 Å². The summed E-state index contributed by atoms with van der Waals surface area (Å²) in [5.74, 6) is 0. The number of para-hydroxylation sites is 1. The van der Waals surface area contributed by atoms with Gasteiger partial charge >= 0.3 is 0 Å². The van der Waals surface area contributed by atoms with Crippen molar-refractivity contribution in [3.8, 4) is 0 Å². The Bertz CT molecular complexity index is 854. The normalized spacial score (nSPS) is 11.6. The van der Waals surface area contributed by atoms with Gasteiger partial charge in [-0.15, -0.1) is 5.10 Å². The van der Waals surface area contributed by atoms with Crippen molar-refractivity contribution in [2.75, 3.05) is 6.54 Å². The molecule has 3 rings (SSSR count). The highest BCUT2D eigenvalue weighted by Crippen LogP contribution is 2.14. The highest BCUT2D eigenvalue weighted by atomic mass is 32.1. The minimum absolute atomic E-state index is 0.597. The van der Waals surface area contributed by atoms with E-state index in [1.807, 2.05) is 42.5 Å². The van der Waals surface area contributed by atoms with E-state index in [0.29, 0.717) is 4.99 Å². The lowest BCUT2D eigenvalue weighted by Gasteiger charge is -2.11. The van der Waals surface area contributed by atoms with Gasteiger partial charge in [-0.2, -0.15) is 0 Å². The largest absolute Gasteiger partial charge is 0.384 e. The molecule has 24 heavy (non-hydrogen) atoms. The molecule has 0 unspecified atom stereocenters. The van der Waals surface area contributed by atoms with Crippen molar-refractivity contribution in [3.63, 3.8) is 0 Å². The van der Waals surface area contributed by atoms with Crippen LogP contribution in [-0.2, 0) is 0 Å². The summed E-state index contributed by atoms with van der Waals surface area (Å²) in [5.41, 5.74) is 3.75. The first-order chi connectivity index (χ1) is 11.8. The van der Waals surface area contributed by atoms with Crippen LogP contribution in [0.5, 0.6) is 0 Å². The Hall–Kier alpha value is -2.60. The zero-order valence-corrected chi connectivity index (χ0v) is 14.3. The molecule has 0 atom stereocenters. The van der Waals surface area contributed by atoms with E-state index in [0.717, 1.165) is 41.7 Å². The van der Waals surface area contributed by atoms with Gasteiger partial charge in [-0.3, -0.25) is 4.98 Å². The third-order valence-corrected chi connectivity index (χ3v) is 3.96. The Balaban J connectivity index is 1.92. The van der Waals surface area contributed by atoms with Crippen molar-refractivity contribution in [1.29, 1.82) is 0 Å². The maximum absolute atomic E-state index is 5.59. The minimum Gasteiger partial charge on any atom is -0.384 e. The Labute approximate surface area is 146 Å². The number of allylic oxidation sites excluding steroid dienone is 1. The van der Waals surface area contributed by atoms with Gasteiger partial charge < -0.3 is 5.32 Å². The first-order valence-electron chi connectivity index (χ1n) is 8.00. The van der Waals surface area contributed by atoms with Crippen molar-refractivity contribution in [1.82, 2.24) is 25.3 Å². The standard InChI is InChI=1S/C18H19N5S/c1-2-3-10-20-16(14-8-11-19-12-9-14)13-18(24)23-17-7-5-4-6-15(17)21-22-23/h4-9,11-13,20H,2-3,10H2,1H3/b16-13-. The van der Waals surface area contributed by atoms with Crippen molar-refractivity contribution in [2.24, 2.45) is 0 Å². The molecule has 3 aromatic rings. The number of benzene rings is 1. The van der Waals surface area contributed by atoms with Gasteiger partial charge in [0.1, 0.15) is 10.5 Å². The molecule has 6 heteroatoms. The van der Waals surface area contributed by atoms with Crippen LogP contribution in [0.3, 0.4) is 0 Å². The maximum atomic E-state index is 5.59. The van der Waals surface area contributed by atoms with Crippen molar-refractivity contribution in [3.05, 3.63) is 60.4 Å². The van der Waals surface area contributed by atoms with E-state index in [-0.39, 0.29) is 0 Å². The second kappa shape index (κ2) is 7.79. The summed E-state index contributed by atoms with van der Waals surface area (Å²) in [4.78, 5) is 4.68. The molecule has 0 spiro atoms. The molecule has 2 aromatic heterocycles. The van der Waals surface area contributed by atoms with E-state index in [9.17, 15) is 0 Å². The molecular formula is C18H19N5S. The average Bonchev–Trinajstić information content (AvgIpc) is 3.06. The monoisotopic (exact) mass is 337 g/mol. The van der Waals surface area contributed by atoms with Crippen LogP contribution in [-0.4, -0.2) is 31.5 Å². The number of rotatable bonds is 6. The van der Waals surface area contributed by atoms with Crippen LogP contribution in [0.25, 0.3) is 16.7 Å². The highest BCUT2D eigenvalue weighted by Gasteiger charge is 2.08. The quantitative estimate of drug-likeness (QED) is 0.424. The number of aromatic nitrogens is 4. The molecule has 5 nitrogen and oxygen atoms in total. The van der Waals surface area contributed by atoms with Crippen molar-refractivity contribution < 1.29 is 0 Å². The average molecular weight is 337 g/mol. The van der Waals surface area contributed by atoms with Gasteiger partial charge in [-0.1, -0.05) is 42.9 Å². The van der Waals surface area contributed by atoms with Crippen molar-refractivity contribution >= 4 is 33.9 Å². The summed E-state index contributed by atoms with van der Waals surface area (Å²) < 4.78 is 1.69. The summed E-state index contributed by atoms with van der Waals surface area (Å²) in [6.07, 6.45) is 7.72. The molecule has 1 aromatic carbocycles. The lowest BCUT2D eigenvalue weighted by molar-refractivity contribution is 0.744. The molecule has 1 N–H and O–H groups in total. The Kier molecular flexibility index (Phi) is 5.28. The van der Waals surface area contributed by atoms with Crippen LogP contribution in [0.15, 0.2) is 54.9 Å². The van der Waals surface area contributed by atoms with Gasteiger partial charge in [-0.25, -0.2) is 4.68 Å². The Morgan fingerprint density at radius 2 is 2.00 bits per heavy atom. The smallest absolute Gasteiger partial charge is 0.132 e. The molecule has 0 radical (unpaired) electrons. The number of pyridine rings is 1. The molecule has 0 saturated heterocycles. The minimum atomic E-state index is 0.597. The van der Waals surface area contributed by atoms with E-state index in [1.165, 1.54) is 0 Å². The molecular weight excluding hydrogens is 318 g/mol. The number of nitrogens with zero attached hydrogens (tertiary/aromatic N) is 4. The topological polar surface area (TPSA) is 55.6 Å².